The van der Waals surface area contributed by atoms with Crippen LogP contribution in [0, 0.1) is 5.82 Å². The van der Waals surface area contributed by atoms with Crippen LogP contribution >= 0.6 is 0 Å². The number of fused-ring (bicyclic) bond motifs is 1. The van der Waals surface area contributed by atoms with Crippen molar-refractivity contribution >= 4 is 27.0 Å². The second kappa shape index (κ2) is 6.48. The van der Waals surface area contributed by atoms with E-state index in [0.717, 1.165) is 12.8 Å². The molecule has 1 amide bonds. The Morgan fingerprint density at radius 2 is 2.25 bits per heavy atom. The van der Waals surface area contributed by atoms with E-state index in [9.17, 15) is 17.6 Å². The number of likely N-dealkylation sites (tertiary alicyclic amines) is 1. The number of benzene rings is 1. The van der Waals surface area contributed by atoms with Crippen molar-refractivity contribution in [1.29, 1.82) is 0 Å². The minimum Gasteiger partial charge on any atom is -0.340 e. The van der Waals surface area contributed by atoms with Crippen LogP contribution in [0.2, 0.25) is 0 Å². The number of amides is 1. The maximum absolute atomic E-state index is 13.3. The van der Waals surface area contributed by atoms with Gasteiger partial charge in [0.2, 0.25) is 15.9 Å². The second-order valence-electron chi connectivity index (χ2n) is 6.00. The minimum atomic E-state index is -3.56. The molecule has 0 bridgehead atoms. The van der Waals surface area contributed by atoms with E-state index in [1.165, 1.54) is 12.1 Å². The number of aromatic nitrogens is 2. The van der Waals surface area contributed by atoms with E-state index in [1.807, 2.05) is 0 Å². The van der Waals surface area contributed by atoms with E-state index in [1.54, 1.807) is 11.0 Å². The first-order valence-electron chi connectivity index (χ1n) is 7.78. The second-order valence-corrected chi connectivity index (χ2v) is 7.73. The third-order valence-electron chi connectivity index (χ3n) is 4.17. The van der Waals surface area contributed by atoms with Crippen molar-refractivity contribution in [3.63, 3.8) is 0 Å². The highest BCUT2D eigenvalue weighted by atomic mass is 32.2. The number of hydrogen-bond acceptors (Lipinski definition) is 4. The highest BCUT2D eigenvalue weighted by Crippen LogP contribution is 2.32. The maximum Gasteiger partial charge on any atom is 0.223 e. The van der Waals surface area contributed by atoms with Gasteiger partial charge in [0.25, 0.3) is 0 Å². The molecule has 3 rings (SSSR count). The highest BCUT2D eigenvalue weighted by molar-refractivity contribution is 7.89. The predicted molar refractivity (Wildman–Crippen MR) is 86.9 cm³/mol. The minimum absolute atomic E-state index is 0.118. The molecule has 1 aromatic carbocycles. The number of sulfonamides is 1. The van der Waals surface area contributed by atoms with Crippen LogP contribution in [0.5, 0.6) is 0 Å². The Kier molecular flexibility index (Phi) is 4.55. The number of hydrogen-bond donors (Lipinski definition) is 2. The number of halogens is 1. The molecule has 0 aliphatic carbocycles. The van der Waals surface area contributed by atoms with Gasteiger partial charge >= 0.3 is 0 Å². The van der Waals surface area contributed by atoms with Crippen LogP contribution in [-0.2, 0) is 14.8 Å². The standard InChI is InChI=1S/C15H19FN4O3S/c16-10-5-6-11-12(9-10)19-15(18-11)13-3-1-7-20(13)14(21)4-2-8-24(17,22)23/h5-6,9,13H,1-4,7-8H2,(H,18,19)(H2,17,22,23)/t13-/m1/s1. The number of carbonyl (C=O) groups is 1. The smallest absolute Gasteiger partial charge is 0.223 e. The molecule has 0 spiro atoms. The summed E-state index contributed by atoms with van der Waals surface area (Å²) in [5, 5.41) is 4.95. The van der Waals surface area contributed by atoms with Crippen LogP contribution in [0.4, 0.5) is 4.39 Å². The molecule has 1 atom stereocenters. The monoisotopic (exact) mass is 354 g/mol. The summed E-state index contributed by atoms with van der Waals surface area (Å²) in [6.07, 6.45) is 1.94. The van der Waals surface area contributed by atoms with Gasteiger partial charge in [-0.2, -0.15) is 0 Å². The predicted octanol–water partition coefficient (Wildman–Crippen LogP) is 1.43. The summed E-state index contributed by atoms with van der Waals surface area (Å²) in [6, 6.07) is 4.12. The fraction of sp³-hybridized carbons (Fsp3) is 0.467. The van der Waals surface area contributed by atoms with Gasteiger partial charge in [0, 0.05) is 13.0 Å². The third kappa shape index (κ3) is 3.73. The summed E-state index contributed by atoms with van der Waals surface area (Å²) in [7, 11) is -3.56. The van der Waals surface area contributed by atoms with Crippen molar-refractivity contribution in [3.05, 3.63) is 29.8 Å². The molecule has 1 fully saturated rings. The van der Waals surface area contributed by atoms with Crippen molar-refractivity contribution < 1.29 is 17.6 Å². The molecule has 130 valence electrons. The van der Waals surface area contributed by atoms with Gasteiger partial charge in [-0.3, -0.25) is 4.79 Å². The summed E-state index contributed by atoms with van der Waals surface area (Å²) < 4.78 is 35.2. The number of nitrogens with zero attached hydrogens (tertiary/aromatic N) is 2. The van der Waals surface area contributed by atoms with Gasteiger partial charge < -0.3 is 9.88 Å². The average Bonchev–Trinajstić information content (AvgIpc) is 3.11. The van der Waals surface area contributed by atoms with Crippen LogP contribution in [0.1, 0.15) is 37.5 Å². The lowest BCUT2D eigenvalue weighted by Crippen LogP contribution is -2.31. The summed E-state index contributed by atoms with van der Waals surface area (Å²) in [5.74, 6) is -0.0398. The van der Waals surface area contributed by atoms with Crippen LogP contribution in [-0.4, -0.2) is 41.5 Å². The number of nitrogens with one attached hydrogen (secondary N) is 1. The molecule has 0 radical (unpaired) electrons. The van der Waals surface area contributed by atoms with Crippen LogP contribution < -0.4 is 5.14 Å². The Hall–Kier alpha value is -2.00. The summed E-state index contributed by atoms with van der Waals surface area (Å²) >= 11 is 0. The quantitative estimate of drug-likeness (QED) is 0.846. The Morgan fingerprint density at radius 3 is 3.00 bits per heavy atom. The Morgan fingerprint density at radius 1 is 1.46 bits per heavy atom. The van der Waals surface area contributed by atoms with E-state index in [0.29, 0.717) is 23.4 Å². The number of H-pyrrole nitrogens is 1. The van der Waals surface area contributed by atoms with E-state index in [-0.39, 0.29) is 36.4 Å². The molecule has 24 heavy (non-hydrogen) atoms. The maximum atomic E-state index is 13.3. The van der Waals surface area contributed by atoms with Crippen LogP contribution in [0.15, 0.2) is 18.2 Å². The number of nitrogens with two attached hydrogens (primary N) is 1. The lowest BCUT2D eigenvalue weighted by molar-refractivity contribution is -0.132. The fourth-order valence-electron chi connectivity index (χ4n) is 3.08. The first kappa shape index (κ1) is 16.8. The van der Waals surface area contributed by atoms with Crippen LogP contribution in [0.3, 0.4) is 0 Å². The highest BCUT2D eigenvalue weighted by Gasteiger charge is 2.31. The molecule has 1 aliphatic heterocycles. The van der Waals surface area contributed by atoms with E-state index < -0.39 is 10.0 Å². The molecule has 1 aromatic heterocycles. The summed E-state index contributed by atoms with van der Waals surface area (Å²) in [5.41, 5.74) is 1.25. The average molecular weight is 354 g/mol. The Labute approximate surface area is 139 Å². The first-order valence-corrected chi connectivity index (χ1v) is 9.50. The molecule has 0 saturated carbocycles. The lowest BCUT2D eigenvalue weighted by Gasteiger charge is -2.23. The molecular formula is C15H19FN4O3S. The van der Waals surface area contributed by atoms with Gasteiger partial charge in [-0.05, 0) is 37.5 Å². The molecule has 7 nitrogen and oxygen atoms in total. The number of rotatable bonds is 5. The van der Waals surface area contributed by atoms with Crippen molar-refractivity contribution in [2.24, 2.45) is 5.14 Å². The van der Waals surface area contributed by atoms with Gasteiger partial charge in [0.1, 0.15) is 11.6 Å². The van der Waals surface area contributed by atoms with Gasteiger partial charge in [-0.25, -0.2) is 22.9 Å². The van der Waals surface area contributed by atoms with Crippen molar-refractivity contribution in [3.8, 4) is 0 Å². The largest absolute Gasteiger partial charge is 0.340 e. The molecule has 1 aliphatic rings. The normalized spacial score (nSPS) is 18.4. The lowest BCUT2D eigenvalue weighted by atomic mass is 10.2. The number of aromatic amines is 1. The van der Waals surface area contributed by atoms with Crippen molar-refractivity contribution in [1.82, 2.24) is 14.9 Å². The molecule has 2 aromatic rings. The topological polar surface area (TPSA) is 109 Å². The molecule has 1 saturated heterocycles. The van der Waals surface area contributed by atoms with Gasteiger partial charge in [0.15, 0.2) is 0 Å². The zero-order chi connectivity index (χ0) is 17.3. The van der Waals surface area contributed by atoms with Gasteiger partial charge in [0.05, 0.1) is 22.8 Å². The number of carbonyl (C=O) groups excluding carboxylic acids is 1. The Balaban J connectivity index is 1.73. The summed E-state index contributed by atoms with van der Waals surface area (Å²) in [6.45, 7) is 0.601. The number of primary sulfonamides is 1. The SMILES string of the molecule is NS(=O)(=O)CCCC(=O)N1CCC[C@@H]1c1nc2ccc(F)cc2[nH]1. The zero-order valence-electron chi connectivity index (χ0n) is 13.0. The van der Waals surface area contributed by atoms with Gasteiger partial charge in [-0.15, -0.1) is 0 Å². The Bertz CT molecular complexity index is 865. The molecule has 9 heteroatoms. The fourth-order valence-corrected chi connectivity index (χ4v) is 3.62. The van der Waals surface area contributed by atoms with E-state index >= 15 is 0 Å². The van der Waals surface area contributed by atoms with E-state index in [4.69, 9.17) is 5.14 Å². The molecule has 3 N–H and O–H groups in total. The van der Waals surface area contributed by atoms with Gasteiger partial charge in [-0.1, -0.05) is 0 Å². The zero-order valence-corrected chi connectivity index (χ0v) is 13.9. The summed E-state index contributed by atoms with van der Waals surface area (Å²) in [4.78, 5) is 21.6. The van der Waals surface area contributed by atoms with Crippen molar-refractivity contribution in [2.75, 3.05) is 12.3 Å². The molecule has 2 heterocycles. The molecular weight excluding hydrogens is 335 g/mol. The third-order valence-corrected chi connectivity index (χ3v) is 5.03. The van der Waals surface area contributed by atoms with Crippen molar-refractivity contribution in [2.45, 2.75) is 31.7 Å². The molecule has 0 unspecified atom stereocenters. The van der Waals surface area contributed by atoms with Crippen LogP contribution in [0.25, 0.3) is 11.0 Å². The van der Waals surface area contributed by atoms with E-state index in [2.05, 4.69) is 9.97 Å². The number of imidazole rings is 1. The first-order chi connectivity index (χ1) is 11.3.